The highest BCUT2D eigenvalue weighted by Gasteiger charge is 2.02. The van der Waals surface area contributed by atoms with Gasteiger partial charge < -0.3 is 5.11 Å². The van der Waals surface area contributed by atoms with Crippen molar-refractivity contribution < 1.29 is 9.90 Å². The first-order chi connectivity index (χ1) is 16.6. The molecule has 34 heavy (non-hydrogen) atoms. The van der Waals surface area contributed by atoms with Gasteiger partial charge in [-0.2, -0.15) is 0 Å². The number of rotatable bonds is 26. The summed E-state index contributed by atoms with van der Waals surface area (Å²) in [4.78, 5) is 11.0. The molecule has 0 bridgehead atoms. The zero-order chi connectivity index (χ0) is 25.1. The lowest BCUT2D eigenvalue weighted by molar-refractivity contribution is -0.131. The van der Waals surface area contributed by atoms with Gasteiger partial charge in [-0.3, -0.25) is 0 Å². The van der Waals surface area contributed by atoms with E-state index >= 15 is 0 Å². The number of carboxylic acid groups (broad SMARTS) is 1. The minimum absolute atomic E-state index is 0.836. The Morgan fingerprint density at radius 2 is 0.794 bits per heavy atom. The monoisotopic (exact) mass is 476 g/mol. The third kappa shape index (κ3) is 25.6. The fourth-order valence-electron chi connectivity index (χ4n) is 4.86. The first-order valence-corrected chi connectivity index (χ1v) is 15.2. The van der Waals surface area contributed by atoms with E-state index in [9.17, 15) is 4.79 Å². The molecular weight excluding hydrogens is 416 g/mol. The topological polar surface area (TPSA) is 37.3 Å². The number of aliphatic carboxylic acids is 1. The molecule has 200 valence electrons. The van der Waals surface area contributed by atoms with Gasteiger partial charge in [-0.15, -0.1) is 0 Å². The van der Waals surface area contributed by atoms with Gasteiger partial charge in [-0.25, -0.2) is 4.79 Å². The van der Waals surface area contributed by atoms with Crippen molar-refractivity contribution in [3.05, 3.63) is 23.3 Å². The van der Waals surface area contributed by atoms with Gasteiger partial charge in [-0.05, 0) is 38.2 Å². The zero-order valence-electron chi connectivity index (χ0n) is 23.5. The Balaban J connectivity index is 3.98. The van der Waals surface area contributed by atoms with Crippen molar-refractivity contribution in [3.8, 4) is 0 Å². The lowest BCUT2D eigenvalue weighted by Crippen LogP contribution is -1.92. The molecule has 2 nitrogen and oxygen atoms in total. The van der Waals surface area contributed by atoms with E-state index < -0.39 is 5.97 Å². The highest BCUT2D eigenvalue weighted by atomic mass is 16.4. The van der Waals surface area contributed by atoms with Gasteiger partial charge in [0.05, 0.1) is 0 Å². The third-order valence-electron chi connectivity index (χ3n) is 6.99. The molecule has 0 saturated heterocycles. The van der Waals surface area contributed by atoms with Gasteiger partial charge in [-0.1, -0.05) is 154 Å². The molecule has 0 aliphatic rings. The van der Waals surface area contributed by atoms with E-state index in [1.807, 2.05) is 6.92 Å². The third-order valence-corrected chi connectivity index (χ3v) is 6.99. The fourth-order valence-corrected chi connectivity index (χ4v) is 4.86. The van der Waals surface area contributed by atoms with Crippen molar-refractivity contribution in [1.29, 1.82) is 0 Å². The van der Waals surface area contributed by atoms with Crippen LogP contribution in [0.2, 0.25) is 0 Å². The van der Waals surface area contributed by atoms with E-state index in [1.54, 1.807) is 0 Å². The van der Waals surface area contributed by atoms with Crippen LogP contribution in [-0.4, -0.2) is 11.1 Å². The van der Waals surface area contributed by atoms with Crippen LogP contribution in [0, 0.1) is 0 Å². The highest BCUT2D eigenvalue weighted by Crippen LogP contribution is 2.21. The van der Waals surface area contributed by atoms with Crippen LogP contribution in [0.1, 0.15) is 175 Å². The van der Waals surface area contributed by atoms with Crippen molar-refractivity contribution in [2.75, 3.05) is 0 Å². The van der Waals surface area contributed by atoms with Gasteiger partial charge in [0.25, 0.3) is 0 Å². The minimum atomic E-state index is -0.836. The van der Waals surface area contributed by atoms with Crippen LogP contribution in [0.25, 0.3) is 0 Å². The van der Waals surface area contributed by atoms with Crippen LogP contribution in [-0.2, 0) is 4.79 Å². The number of allylic oxidation sites excluding steroid dienone is 3. The quantitative estimate of drug-likeness (QED) is 0.0765. The lowest BCUT2D eigenvalue weighted by atomic mass is 9.97. The van der Waals surface area contributed by atoms with Gasteiger partial charge in [0.2, 0.25) is 0 Å². The van der Waals surface area contributed by atoms with Gasteiger partial charge in [0.15, 0.2) is 0 Å². The SMILES string of the molecule is CCCCCCCCCCCCCC(=C/C(C)=C/C(=O)O)CCCCCCCCCCCCC. The van der Waals surface area contributed by atoms with Crippen LogP contribution < -0.4 is 0 Å². The molecule has 0 radical (unpaired) electrons. The number of unbranched alkanes of at least 4 members (excludes halogenated alkanes) is 20. The molecule has 0 rings (SSSR count). The van der Waals surface area contributed by atoms with Crippen molar-refractivity contribution in [2.24, 2.45) is 0 Å². The largest absolute Gasteiger partial charge is 0.478 e. The van der Waals surface area contributed by atoms with Crippen LogP contribution in [0.15, 0.2) is 23.3 Å². The summed E-state index contributed by atoms with van der Waals surface area (Å²) >= 11 is 0. The van der Waals surface area contributed by atoms with Crippen molar-refractivity contribution in [3.63, 3.8) is 0 Å². The standard InChI is InChI=1S/C32H60O2/c1-4-6-8-10-12-14-16-18-20-22-24-26-31(28-30(3)29-32(33)34)27-25-23-21-19-17-15-13-11-9-7-5-2/h28-29H,4-27H2,1-3H3,(H,33,34)/b30-29+. The van der Waals surface area contributed by atoms with E-state index in [2.05, 4.69) is 19.9 Å². The first-order valence-electron chi connectivity index (χ1n) is 15.2. The Bertz CT molecular complexity index is 475. The fraction of sp³-hybridized carbons (Fsp3) is 0.844. The second-order valence-corrected chi connectivity index (χ2v) is 10.6. The summed E-state index contributed by atoms with van der Waals surface area (Å²) in [5, 5.41) is 9.05. The number of carbonyl (C=O) groups is 1. The van der Waals surface area contributed by atoms with E-state index in [1.165, 1.54) is 153 Å². The molecule has 0 fully saturated rings. The summed E-state index contributed by atoms with van der Waals surface area (Å²) in [6.45, 7) is 6.49. The molecule has 0 aliphatic carbocycles. The predicted molar refractivity (Wildman–Crippen MR) is 152 cm³/mol. The summed E-state index contributed by atoms with van der Waals surface area (Å²) in [5.41, 5.74) is 2.34. The van der Waals surface area contributed by atoms with E-state index in [4.69, 9.17) is 5.11 Å². The first kappa shape index (κ1) is 33.0. The molecular formula is C32H60O2. The van der Waals surface area contributed by atoms with Crippen LogP contribution in [0.3, 0.4) is 0 Å². The molecule has 0 aromatic carbocycles. The Hall–Kier alpha value is -1.05. The minimum Gasteiger partial charge on any atom is -0.478 e. The van der Waals surface area contributed by atoms with Crippen molar-refractivity contribution in [1.82, 2.24) is 0 Å². The zero-order valence-corrected chi connectivity index (χ0v) is 23.5. The van der Waals surface area contributed by atoms with Crippen molar-refractivity contribution in [2.45, 2.75) is 175 Å². The highest BCUT2D eigenvalue weighted by molar-refractivity contribution is 5.81. The molecule has 0 amide bonds. The summed E-state index contributed by atoms with van der Waals surface area (Å²) in [6, 6.07) is 0. The molecule has 0 saturated carbocycles. The molecule has 1 N–H and O–H groups in total. The smallest absolute Gasteiger partial charge is 0.328 e. The van der Waals surface area contributed by atoms with E-state index in [0.29, 0.717) is 0 Å². The Morgan fingerprint density at radius 3 is 1.09 bits per heavy atom. The maximum absolute atomic E-state index is 11.0. The average molecular weight is 477 g/mol. The average Bonchev–Trinajstić information content (AvgIpc) is 2.80. The molecule has 0 unspecified atom stereocenters. The van der Waals surface area contributed by atoms with Gasteiger partial charge in [0.1, 0.15) is 0 Å². The summed E-state index contributed by atoms with van der Waals surface area (Å²) in [5.74, 6) is -0.836. The Morgan fingerprint density at radius 1 is 0.500 bits per heavy atom. The normalized spacial score (nSPS) is 11.7. The molecule has 2 heteroatoms. The summed E-state index contributed by atoms with van der Waals surface area (Å²) < 4.78 is 0. The molecule has 0 spiro atoms. The van der Waals surface area contributed by atoms with Crippen molar-refractivity contribution >= 4 is 5.97 Å². The van der Waals surface area contributed by atoms with Gasteiger partial charge >= 0.3 is 5.97 Å². The molecule has 0 atom stereocenters. The van der Waals surface area contributed by atoms with E-state index in [-0.39, 0.29) is 0 Å². The van der Waals surface area contributed by atoms with Gasteiger partial charge in [0, 0.05) is 6.08 Å². The molecule has 0 heterocycles. The molecule has 0 aliphatic heterocycles. The predicted octanol–water partition coefficient (Wildman–Crippen LogP) is 11.3. The van der Waals surface area contributed by atoms with Crippen LogP contribution >= 0.6 is 0 Å². The second-order valence-electron chi connectivity index (χ2n) is 10.6. The Kier molecular flexibility index (Phi) is 25.7. The maximum Gasteiger partial charge on any atom is 0.328 e. The second kappa shape index (κ2) is 26.6. The summed E-state index contributed by atoms with van der Waals surface area (Å²) in [6.07, 6.45) is 36.0. The molecule has 0 aromatic heterocycles. The Labute approximate surface area is 214 Å². The number of hydrogen-bond donors (Lipinski definition) is 1. The molecule has 0 aromatic rings. The van der Waals surface area contributed by atoms with Crippen LogP contribution in [0.4, 0.5) is 0 Å². The lowest BCUT2D eigenvalue weighted by Gasteiger charge is -2.09. The summed E-state index contributed by atoms with van der Waals surface area (Å²) in [7, 11) is 0. The number of carboxylic acids is 1. The van der Waals surface area contributed by atoms with Crippen LogP contribution in [0.5, 0.6) is 0 Å². The van der Waals surface area contributed by atoms with E-state index in [0.717, 1.165) is 18.4 Å². The maximum atomic E-state index is 11.0. The number of hydrogen-bond acceptors (Lipinski definition) is 1.